The lowest BCUT2D eigenvalue weighted by Gasteiger charge is -2.05. The molecule has 3 rings (SSSR count). The number of fused-ring (bicyclic) bond motifs is 1. The van der Waals surface area contributed by atoms with Crippen molar-refractivity contribution in [1.29, 1.82) is 0 Å². The number of hydrogen-bond acceptors (Lipinski definition) is 7. The van der Waals surface area contributed by atoms with Gasteiger partial charge in [-0.3, -0.25) is 4.79 Å². The number of nitrogens with one attached hydrogen (secondary N) is 1. The number of aryl methyl sites for hydroxylation is 1. The molecule has 1 amide bonds. The van der Waals surface area contributed by atoms with Crippen LogP contribution in [0.1, 0.15) is 15.4 Å². The number of carbonyl (C=O) groups excluding carboxylic acids is 1. The Morgan fingerprint density at radius 3 is 2.91 bits per heavy atom. The van der Waals surface area contributed by atoms with E-state index in [2.05, 4.69) is 15.5 Å². The van der Waals surface area contributed by atoms with Gasteiger partial charge in [-0.2, -0.15) is 0 Å². The molecule has 22 heavy (non-hydrogen) atoms. The molecule has 0 aliphatic carbocycles. The van der Waals surface area contributed by atoms with E-state index in [0.717, 1.165) is 17.6 Å². The number of carbonyl (C=O) groups is 1. The average Bonchev–Trinajstić information content (AvgIpc) is 3.06. The Morgan fingerprint density at radius 1 is 1.41 bits per heavy atom. The quantitative estimate of drug-likeness (QED) is 0.786. The summed E-state index contributed by atoms with van der Waals surface area (Å²) in [6.45, 7) is 1.76. The second-order valence-electron chi connectivity index (χ2n) is 4.68. The van der Waals surface area contributed by atoms with E-state index in [-0.39, 0.29) is 9.77 Å². The molecule has 0 spiro atoms. The van der Waals surface area contributed by atoms with E-state index >= 15 is 0 Å². The van der Waals surface area contributed by atoms with Crippen molar-refractivity contribution in [1.82, 2.24) is 10.1 Å². The lowest BCUT2D eigenvalue weighted by atomic mass is 10.2. The molecule has 0 bridgehead atoms. The fourth-order valence-electron chi connectivity index (χ4n) is 1.96. The highest BCUT2D eigenvalue weighted by atomic mass is 32.2. The van der Waals surface area contributed by atoms with Crippen LogP contribution in [0.5, 0.6) is 0 Å². The van der Waals surface area contributed by atoms with Gasteiger partial charge >= 0.3 is 0 Å². The molecular weight excluding hydrogens is 326 g/mol. The van der Waals surface area contributed by atoms with Crippen LogP contribution >= 0.6 is 11.3 Å². The highest BCUT2D eigenvalue weighted by Crippen LogP contribution is 2.24. The summed E-state index contributed by atoms with van der Waals surface area (Å²) in [7, 11) is -3.45. The number of nitrogens with zero attached hydrogens (tertiary/aromatic N) is 2. The molecule has 0 atom stereocenters. The first-order valence-electron chi connectivity index (χ1n) is 6.17. The maximum Gasteiger partial charge on any atom is 0.267 e. The predicted octanol–water partition coefficient (Wildman–Crippen LogP) is 2.25. The van der Waals surface area contributed by atoms with E-state index in [4.69, 9.17) is 4.52 Å². The number of anilines is 1. The molecule has 3 aromatic rings. The van der Waals surface area contributed by atoms with Crippen LogP contribution in [-0.4, -0.2) is 30.7 Å². The van der Waals surface area contributed by atoms with Crippen LogP contribution in [0.2, 0.25) is 0 Å². The van der Waals surface area contributed by atoms with Gasteiger partial charge in [-0.15, -0.1) is 11.3 Å². The topological polar surface area (TPSA) is 102 Å². The minimum Gasteiger partial charge on any atom is -0.336 e. The third kappa shape index (κ3) is 2.60. The molecule has 114 valence electrons. The van der Waals surface area contributed by atoms with Crippen LogP contribution in [-0.2, 0) is 9.84 Å². The molecule has 0 aliphatic rings. The van der Waals surface area contributed by atoms with E-state index in [0.29, 0.717) is 22.5 Å². The smallest absolute Gasteiger partial charge is 0.267 e. The third-order valence-electron chi connectivity index (χ3n) is 3.00. The number of thiophene rings is 1. The third-order valence-corrected chi connectivity index (χ3v) is 5.18. The number of amides is 1. The summed E-state index contributed by atoms with van der Waals surface area (Å²) in [5, 5.41) is 8.68. The van der Waals surface area contributed by atoms with Crippen LogP contribution in [0.4, 0.5) is 5.69 Å². The lowest BCUT2D eigenvalue weighted by molar-refractivity contribution is 0.102. The van der Waals surface area contributed by atoms with Gasteiger partial charge in [-0.25, -0.2) is 13.4 Å². The van der Waals surface area contributed by atoms with Gasteiger partial charge in [-0.05, 0) is 24.4 Å². The maximum atomic E-state index is 12.3. The summed E-state index contributed by atoms with van der Waals surface area (Å²) in [5.41, 5.74) is 1.48. The second kappa shape index (κ2) is 5.18. The van der Waals surface area contributed by atoms with Gasteiger partial charge in [0.15, 0.2) is 9.84 Å². The molecule has 0 unspecified atom stereocenters. The summed E-state index contributed by atoms with van der Waals surface area (Å²) in [4.78, 5) is 16.5. The fraction of sp³-hybridized carbons (Fsp3) is 0.154. The molecular formula is C13H11N3O4S2. The van der Waals surface area contributed by atoms with Crippen molar-refractivity contribution < 1.29 is 17.7 Å². The van der Waals surface area contributed by atoms with Gasteiger partial charge in [0.05, 0.1) is 27.9 Å². The van der Waals surface area contributed by atoms with Gasteiger partial charge < -0.3 is 9.84 Å². The van der Waals surface area contributed by atoms with Crippen molar-refractivity contribution in [3.05, 3.63) is 34.3 Å². The fourth-order valence-corrected chi connectivity index (χ4v) is 4.07. The summed E-state index contributed by atoms with van der Waals surface area (Å²) < 4.78 is 28.3. The molecule has 0 saturated heterocycles. The minimum absolute atomic E-state index is 0.0187. The SMILES string of the molecule is Cc1noc2ncc(NC(=O)c3sccc3S(C)(=O)=O)cc12. The molecule has 0 radical (unpaired) electrons. The molecule has 3 aromatic heterocycles. The molecule has 0 fully saturated rings. The monoisotopic (exact) mass is 337 g/mol. The van der Waals surface area contributed by atoms with Gasteiger partial charge in [0.1, 0.15) is 4.88 Å². The first-order valence-corrected chi connectivity index (χ1v) is 8.94. The first-order chi connectivity index (χ1) is 10.4. The molecule has 9 heteroatoms. The predicted molar refractivity (Wildman–Crippen MR) is 81.9 cm³/mol. The summed E-state index contributed by atoms with van der Waals surface area (Å²) in [6, 6.07) is 3.10. The zero-order valence-electron chi connectivity index (χ0n) is 11.7. The van der Waals surface area contributed by atoms with Gasteiger partial charge in [0.25, 0.3) is 11.6 Å². The highest BCUT2D eigenvalue weighted by Gasteiger charge is 2.20. The van der Waals surface area contributed by atoms with Gasteiger partial charge in [-0.1, -0.05) is 5.16 Å². The van der Waals surface area contributed by atoms with Crippen molar-refractivity contribution in [3.8, 4) is 0 Å². The van der Waals surface area contributed by atoms with Crippen LogP contribution < -0.4 is 5.32 Å². The highest BCUT2D eigenvalue weighted by molar-refractivity contribution is 7.91. The van der Waals surface area contributed by atoms with Crippen LogP contribution in [0, 0.1) is 6.92 Å². The zero-order chi connectivity index (χ0) is 15.9. The van der Waals surface area contributed by atoms with Crippen molar-refractivity contribution in [2.24, 2.45) is 0 Å². The first kappa shape index (κ1) is 14.7. The van der Waals surface area contributed by atoms with E-state index < -0.39 is 15.7 Å². The summed E-state index contributed by atoms with van der Waals surface area (Å²) in [6.07, 6.45) is 2.50. The van der Waals surface area contributed by atoms with E-state index in [1.807, 2.05) is 0 Å². The largest absolute Gasteiger partial charge is 0.336 e. The Balaban J connectivity index is 1.93. The van der Waals surface area contributed by atoms with Crippen molar-refractivity contribution in [2.75, 3.05) is 11.6 Å². The molecule has 7 nitrogen and oxygen atoms in total. The van der Waals surface area contributed by atoms with Gasteiger partial charge in [0.2, 0.25) is 0 Å². The number of hydrogen-bond donors (Lipinski definition) is 1. The Labute approximate surface area is 129 Å². The molecule has 1 N–H and O–H groups in total. The van der Waals surface area contributed by atoms with Crippen LogP contribution in [0.15, 0.2) is 33.1 Å². The van der Waals surface area contributed by atoms with E-state index in [9.17, 15) is 13.2 Å². The minimum atomic E-state index is -3.45. The van der Waals surface area contributed by atoms with E-state index in [1.165, 1.54) is 12.3 Å². The Morgan fingerprint density at radius 2 is 2.18 bits per heavy atom. The van der Waals surface area contributed by atoms with Crippen molar-refractivity contribution in [3.63, 3.8) is 0 Å². The van der Waals surface area contributed by atoms with Crippen molar-refractivity contribution >= 4 is 43.9 Å². The summed E-state index contributed by atoms with van der Waals surface area (Å²) >= 11 is 1.07. The molecule has 3 heterocycles. The lowest BCUT2D eigenvalue weighted by Crippen LogP contribution is -2.13. The second-order valence-corrected chi connectivity index (χ2v) is 7.59. The standard InChI is InChI=1S/C13H11N3O4S2/c1-7-9-5-8(6-14-13(9)20-16-7)15-12(17)11-10(3-4-21-11)22(2,18)19/h3-6H,1-2H3,(H,15,17). The van der Waals surface area contributed by atoms with Crippen molar-refractivity contribution in [2.45, 2.75) is 11.8 Å². The Bertz CT molecular complexity index is 972. The molecule has 0 aromatic carbocycles. The average molecular weight is 337 g/mol. The van der Waals surface area contributed by atoms with E-state index in [1.54, 1.807) is 18.4 Å². The number of pyridine rings is 1. The Hall–Kier alpha value is -2.26. The van der Waals surface area contributed by atoms with Crippen LogP contribution in [0.25, 0.3) is 11.1 Å². The van der Waals surface area contributed by atoms with Gasteiger partial charge in [0, 0.05) is 6.26 Å². The van der Waals surface area contributed by atoms with Crippen LogP contribution in [0.3, 0.4) is 0 Å². The normalized spacial score (nSPS) is 11.7. The number of rotatable bonds is 3. The summed E-state index contributed by atoms with van der Waals surface area (Å²) in [5.74, 6) is -0.495. The Kier molecular flexibility index (Phi) is 3.45. The molecule has 0 aliphatic heterocycles. The number of sulfone groups is 1. The number of aromatic nitrogens is 2. The molecule has 0 saturated carbocycles. The zero-order valence-corrected chi connectivity index (χ0v) is 13.3. The maximum absolute atomic E-state index is 12.3.